The highest BCUT2D eigenvalue weighted by atomic mass is 16.5. The second-order valence-corrected chi connectivity index (χ2v) is 4.30. The molecule has 0 fully saturated rings. The van der Waals surface area contributed by atoms with Gasteiger partial charge in [-0.2, -0.15) is 0 Å². The molecule has 5 nitrogen and oxygen atoms in total. The van der Waals surface area contributed by atoms with Crippen molar-refractivity contribution in [1.29, 1.82) is 0 Å². The quantitative estimate of drug-likeness (QED) is 0.401. The number of methoxy groups -OCH3 is 2. The summed E-state index contributed by atoms with van der Waals surface area (Å²) in [7, 11) is 3.37. The van der Waals surface area contributed by atoms with Crippen molar-refractivity contribution in [3.05, 3.63) is 0 Å². The lowest BCUT2D eigenvalue weighted by Gasteiger charge is -2.05. The van der Waals surface area contributed by atoms with Gasteiger partial charge in [-0.15, -0.1) is 0 Å². The van der Waals surface area contributed by atoms with E-state index >= 15 is 0 Å². The summed E-state index contributed by atoms with van der Waals surface area (Å²) >= 11 is 0. The molecule has 0 amide bonds. The molecule has 5 heteroatoms. The standard InChI is InChI=1S/C14H30NO4/c1-16-11-13-18-9-5-3-7-15-8-4-6-10-19-14-12-17-2/h3-14H2,1-2H3. The van der Waals surface area contributed by atoms with E-state index in [1.54, 1.807) is 14.2 Å². The zero-order chi connectivity index (χ0) is 14.0. The number of nitrogens with zero attached hydrogens (tertiary/aromatic N) is 1. The predicted molar refractivity (Wildman–Crippen MR) is 75.7 cm³/mol. The lowest BCUT2D eigenvalue weighted by atomic mass is 10.3. The molecule has 0 saturated carbocycles. The van der Waals surface area contributed by atoms with E-state index in [1.807, 2.05) is 0 Å². The molecule has 0 aromatic rings. The summed E-state index contributed by atoms with van der Waals surface area (Å²) in [5.41, 5.74) is 0. The van der Waals surface area contributed by atoms with Crippen LogP contribution in [0, 0.1) is 0 Å². The highest BCUT2D eigenvalue weighted by molar-refractivity contribution is 4.49. The minimum absolute atomic E-state index is 0.677. The third-order valence-corrected chi connectivity index (χ3v) is 2.57. The van der Waals surface area contributed by atoms with Crippen molar-refractivity contribution in [2.45, 2.75) is 25.7 Å². The van der Waals surface area contributed by atoms with Crippen molar-refractivity contribution in [3.8, 4) is 0 Å². The minimum atomic E-state index is 0.677. The molecule has 0 aromatic carbocycles. The smallest absolute Gasteiger partial charge is 0.0700 e. The summed E-state index contributed by atoms with van der Waals surface area (Å²) in [5, 5.41) is 4.48. The van der Waals surface area contributed by atoms with E-state index in [0.717, 1.165) is 52.0 Å². The van der Waals surface area contributed by atoms with Crippen LogP contribution in [0.25, 0.3) is 0 Å². The number of hydrogen-bond acceptors (Lipinski definition) is 4. The Bertz CT molecular complexity index is 142. The van der Waals surface area contributed by atoms with Crippen LogP contribution in [0.1, 0.15) is 25.7 Å². The molecule has 0 aliphatic carbocycles. The number of ether oxygens (including phenoxy) is 4. The van der Waals surface area contributed by atoms with Crippen LogP contribution in [0.15, 0.2) is 0 Å². The van der Waals surface area contributed by atoms with Crippen molar-refractivity contribution in [2.24, 2.45) is 0 Å². The first-order chi connectivity index (χ1) is 9.41. The van der Waals surface area contributed by atoms with Crippen molar-refractivity contribution < 1.29 is 18.9 Å². The minimum Gasteiger partial charge on any atom is -0.382 e. The van der Waals surface area contributed by atoms with Gasteiger partial charge < -0.3 is 18.9 Å². The lowest BCUT2D eigenvalue weighted by Crippen LogP contribution is -2.11. The summed E-state index contributed by atoms with van der Waals surface area (Å²) in [6.45, 7) is 6.25. The predicted octanol–water partition coefficient (Wildman–Crippen LogP) is 1.48. The van der Waals surface area contributed by atoms with Gasteiger partial charge in [0.1, 0.15) is 0 Å². The molecule has 0 aliphatic rings. The Labute approximate surface area is 117 Å². The molecule has 115 valence electrons. The highest BCUT2D eigenvalue weighted by Gasteiger charge is 1.93. The van der Waals surface area contributed by atoms with Gasteiger partial charge in [-0.25, -0.2) is 5.32 Å². The zero-order valence-electron chi connectivity index (χ0n) is 12.6. The number of unbranched alkanes of at least 4 members (excludes halogenated alkanes) is 2. The SMILES string of the molecule is COCCOCCCC[N]CCCCOCCOC. The Kier molecular flexibility index (Phi) is 17.6. The lowest BCUT2D eigenvalue weighted by molar-refractivity contribution is 0.0682. The molecule has 0 saturated heterocycles. The summed E-state index contributed by atoms with van der Waals surface area (Å²) in [6, 6.07) is 0. The normalized spacial score (nSPS) is 11.1. The van der Waals surface area contributed by atoms with Gasteiger partial charge in [0.2, 0.25) is 0 Å². The van der Waals surface area contributed by atoms with Crippen LogP contribution in [-0.2, 0) is 18.9 Å². The van der Waals surface area contributed by atoms with Gasteiger partial charge in [-0.3, -0.25) is 0 Å². The van der Waals surface area contributed by atoms with Gasteiger partial charge in [0.15, 0.2) is 0 Å². The molecule has 0 heterocycles. The van der Waals surface area contributed by atoms with E-state index in [9.17, 15) is 0 Å². The molecule has 0 unspecified atom stereocenters. The molecule has 0 bridgehead atoms. The van der Waals surface area contributed by atoms with E-state index < -0.39 is 0 Å². The Morgan fingerprint density at radius 1 is 0.579 bits per heavy atom. The third kappa shape index (κ3) is 17.8. The summed E-state index contributed by atoms with van der Waals surface area (Å²) in [4.78, 5) is 0. The fourth-order valence-corrected chi connectivity index (χ4v) is 1.46. The van der Waals surface area contributed by atoms with Crippen LogP contribution in [0.3, 0.4) is 0 Å². The van der Waals surface area contributed by atoms with Gasteiger partial charge in [0.05, 0.1) is 26.4 Å². The van der Waals surface area contributed by atoms with Crippen molar-refractivity contribution in [2.75, 3.05) is 67.0 Å². The van der Waals surface area contributed by atoms with Gasteiger partial charge in [0.25, 0.3) is 0 Å². The van der Waals surface area contributed by atoms with Crippen molar-refractivity contribution in [1.82, 2.24) is 5.32 Å². The Morgan fingerprint density at radius 3 is 1.47 bits per heavy atom. The number of rotatable bonds is 16. The maximum atomic E-state index is 5.37. The first-order valence-electron chi connectivity index (χ1n) is 7.18. The van der Waals surface area contributed by atoms with E-state index in [1.165, 1.54) is 0 Å². The van der Waals surface area contributed by atoms with E-state index in [0.29, 0.717) is 26.4 Å². The van der Waals surface area contributed by atoms with Crippen molar-refractivity contribution in [3.63, 3.8) is 0 Å². The van der Waals surface area contributed by atoms with Crippen molar-refractivity contribution >= 4 is 0 Å². The van der Waals surface area contributed by atoms with Gasteiger partial charge in [-0.05, 0) is 25.7 Å². The Morgan fingerprint density at radius 2 is 1.05 bits per heavy atom. The average molecular weight is 276 g/mol. The molecule has 0 aromatic heterocycles. The fraction of sp³-hybridized carbons (Fsp3) is 1.00. The maximum absolute atomic E-state index is 5.37. The second kappa shape index (κ2) is 17.8. The monoisotopic (exact) mass is 276 g/mol. The topological polar surface area (TPSA) is 51.0 Å². The van der Waals surface area contributed by atoms with Gasteiger partial charge in [0, 0.05) is 40.5 Å². The molecule has 0 aliphatic heterocycles. The second-order valence-electron chi connectivity index (χ2n) is 4.30. The van der Waals surface area contributed by atoms with Crippen LogP contribution in [0.4, 0.5) is 0 Å². The molecular formula is C14H30NO4. The Balaban J connectivity index is 2.88. The molecule has 0 rings (SSSR count). The average Bonchev–Trinajstić information content (AvgIpc) is 2.43. The zero-order valence-corrected chi connectivity index (χ0v) is 12.6. The molecule has 0 atom stereocenters. The van der Waals surface area contributed by atoms with Crippen LogP contribution >= 0.6 is 0 Å². The van der Waals surface area contributed by atoms with Gasteiger partial charge in [-0.1, -0.05) is 0 Å². The maximum Gasteiger partial charge on any atom is 0.0700 e. The van der Waals surface area contributed by atoms with Crippen LogP contribution in [-0.4, -0.2) is 67.0 Å². The van der Waals surface area contributed by atoms with Crippen LogP contribution in [0.5, 0.6) is 0 Å². The van der Waals surface area contributed by atoms with E-state index in [-0.39, 0.29) is 0 Å². The largest absolute Gasteiger partial charge is 0.382 e. The molecule has 0 N–H and O–H groups in total. The Hall–Kier alpha value is -0.200. The highest BCUT2D eigenvalue weighted by Crippen LogP contribution is 1.92. The summed E-state index contributed by atoms with van der Waals surface area (Å²) in [6.07, 6.45) is 4.37. The van der Waals surface area contributed by atoms with Gasteiger partial charge >= 0.3 is 0 Å². The fourth-order valence-electron chi connectivity index (χ4n) is 1.46. The summed E-state index contributed by atoms with van der Waals surface area (Å²) < 4.78 is 20.5. The van der Waals surface area contributed by atoms with Crippen LogP contribution in [0.2, 0.25) is 0 Å². The number of hydrogen-bond donors (Lipinski definition) is 0. The molecular weight excluding hydrogens is 246 g/mol. The third-order valence-electron chi connectivity index (χ3n) is 2.57. The van der Waals surface area contributed by atoms with Crippen LogP contribution < -0.4 is 5.32 Å². The first kappa shape index (κ1) is 18.8. The molecule has 1 radical (unpaired) electrons. The molecule has 19 heavy (non-hydrogen) atoms. The van der Waals surface area contributed by atoms with E-state index in [2.05, 4.69) is 5.32 Å². The summed E-state index contributed by atoms with van der Waals surface area (Å²) in [5.74, 6) is 0. The first-order valence-corrected chi connectivity index (χ1v) is 7.18. The molecule has 0 spiro atoms. The van der Waals surface area contributed by atoms with E-state index in [4.69, 9.17) is 18.9 Å².